The summed E-state index contributed by atoms with van der Waals surface area (Å²) in [6.45, 7) is 0.924. The van der Waals surface area contributed by atoms with E-state index in [0.717, 1.165) is 23.7 Å². The van der Waals surface area contributed by atoms with Crippen LogP contribution >= 0.6 is 0 Å². The first-order valence-electron chi connectivity index (χ1n) is 6.03. The van der Waals surface area contributed by atoms with Gasteiger partial charge in [-0.25, -0.2) is 0 Å². The van der Waals surface area contributed by atoms with Crippen molar-refractivity contribution in [2.24, 2.45) is 5.92 Å². The number of nitrogens with zero attached hydrogens (tertiary/aromatic N) is 3. The molecule has 0 radical (unpaired) electrons. The van der Waals surface area contributed by atoms with Gasteiger partial charge in [0, 0.05) is 6.54 Å². The van der Waals surface area contributed by atoms with Crippen molar-refractivity contribution in [2.75, 3.05) is 17.6 Å². The van der Waals surface area contributed by atoms with Gasteiger partial charge in [0.25, 0.3) is 0 Å². The zero-order chi connectivity index (χ0) is 11.7. The van der Waals surface area contributed by atoms with Crippen molar-refractivity contribution >= 4 is 22.8 Å². The maximum atomic E-state index is 5.64. The van der Waals surface area contributed by atoms with Gasteiger partial charge in [0.1, 0.15) is 5.82 Å². The van der Waals surface area contributed by atoms with Gasteiger partial charge in [-0.15, -0.1) is 0 Å². The fourth-order valence-corrected chi connectivity index (χ4v) is 1.99. The predicted molar refractivity (Wildman–Crippen MR) is 66.5 cm³/mol. The van der Waals surface area contributed by atoms with E-state index in [9.17, 15) is 0 Å². The van der Waals surface area contributed by atoms with E-state index >= 15 is 0 Å². The third-order valence-corrected chi connectivity index (χ3v) is 3.11. The first-order valence-corrected chi connectivity index (χ1v) is 6.03. The molecular weight excluding hydrogens is 216 g/mol. The van der Waals surface area contributed by atoms with Crippen molar-refractivity contribution in [3.63, 3.8) is 0 Å². The summed E-state index contributed by atoms with van der Waals surface area (Å²) >= 11 is 0. The molecule has 1 saturated carbocycles. The Morgan fingerprint density at radius 1 is 1.41 bits per heavy atom. The molecule has 2 aromatic heterocycles. The standard InChI is InChI=1S/C11H16N6/c12-11-15-9(8-6-14-17-10(8)16-11)13-5-1-2-7-3-4-7/h6-7H,1-5H2,(H4,12,13,14,15,16,17). The van der Waals surface area contributed by atoms with Crippen molar-refractivity contribution in [1.29, 1.82) is 0 Å². The Kier molecular flexibility index (Phi) is 2.55. The van der Waals surface area contributed by atoms with Crippen molar-refractivity contribution in [3.8, 4) is 0 Å². The quantitative estimate of drug-likeness (QED) is 0.680. The van der Waals surface area contributed by atoms with Gasteiger partial charge in [0.2, 0.25) is 5.95 Å². The van der Waals surface area contributed by atoms with E-state index in [1.165, 1.54) is 25.7 Å². The van der Waals surface area contributed by atoms with Crippen LogP contribution in [0.4, 0.5) is 11.8 Å². The fraction of sp³-hybridized carbons (Fsp3) is 0.545. The van der Waals surface area contributed by atoms with Crippen LogP contribution in [-0.2, 0) is 0 Å². The molecule has 6 nitrogen and oxygen atoms in total. The minimum atomic E-state index is 0.270. The molecule has 3 rings (SSSR count). The Hall–Kier alpha value is -1.85. The molecule has 90 valence electrons. The molecule has 1 fully saturated rings. The maximum absolute atomic E-state index is 5.64. The van der Waals surface area contributed by atoms with Gasteiger partial charge in [-0.1, -0.05) is 12.8 Å². The Balaban J connectivity index is 1.67. The SMILES string of the molecule is Nc1nc(NCCCC2CC2)c2cn[nH]c2n1. The molecule has 0 saturated heterocycles. The summed E-state index contributed by atoms with van der Waals surface area (Å²) in [7, 11) is 0. The Morgan fingerprint density at radius 3 is 3.12 bits per heavy atom. The largest absolute Gasteiger partial charge is 0.369 e. The summed E-state index contributed by atoms with van der Waals surface area (Å²) in [5, 5.41) is 10.9. The molecule has 1 aliphatic rings. The maximum Gasteiger partial charge on any atom is 0.224 e. The van der Waals surface area contributed by atoms with Crippen molar-refractivity contribution in [2.45, 2.75) is 25.7 Å². The van der Waals surface area contributed by atoms with E-state index in [2.05, 4.69) is 25.5 Å². The molecule has 17 heavy (non-hydrogen) atoms. The van der Waals surface area contributed by atoms with Crippen LogP contribution < -0.4 is 11.1 Å². The second-order valence-electron chi connectivity index (χ2n) is 4.58. The van der Waals surface area contributed by atoms with E-state index in [0.29, 0.717) is 5.65 Å². The highest BCUT2D eigenvalue weighted by Crippen LogP contribution is 2.33. The van der Waals surface area contributed by atoms with Gasteiger partial charge in [-0.3, -0.25) is 5.10 Å². The number of aromatic amines is 1. The van der Waals surface area contributed by atoms with Gasteiger partial charge < -0.3 is 11.1 Å². The normalized spacial score (nSPS) is 15.3. The summed E-state index contributed by atoms with van der Waals surface area (Å²) in [5.41, 5.74) is 6.32. The van der Waals surface area contributed by atoms with Gasteiger partial charge in [-0.2, -0.15) is 15.1 Å². The number of nitrogens with one attached hydrogen (secondary N) is 2. The third kappa shape index (κ3) is 2.30. The molecule has 0 aromatic carbocycles. The predicted octanol–water partition coefficient (Wildman–Crippen LogP) is 1.54. The lowest BCUT2D eigenvalue weighted by Gasteiger charge is -2.06. The summed E-state index contributed by atoms with van der Waals surface area (Å²) in [6, 6.07) is 0. The molecule has 0 aliphatic heterocycles. The Bertz CT molecular complexity index is 516. The van der Waals surface area contributed by atoms with E-state index in [-0.39, 0.29) is 5.95 Å². The van der Waals surface area contributed by atoms with Crippen LogP contribution in [0.2, 0.25) is 0 Å². The molecule has 0 atom stereocenters. The number of fused-ring (bicyclic) bond motifs is 1. The van der Waals surface area contributed by atoms with E-state index in [1.807, 2.05) is 0 Å². The topological polar surface area (TPSA) is 92.5 Å². The van der Waals surface area contributed by atoms with E-state index < -0.39 is 0 Å². The van der Waals surface area contributed by atoms with Gasteiger partial charge in [0.05, 0.1) is 11.6 Å². The smallest absolute Gasteiger partial charge is 0.224 e. The molecule has 2 heterocycles. The van der Waals surface area contributed by atoms with Crippen molar-refractivity contribution in [1.82, 2.24) is 20.2 Å². The lowest BCUT2D eigenvalue weighted by Crippen LogP contribution is -2.06. The third-order valence-electron chi connectivity index (χ3n) is 3.11. The zero-order valence-corrected chi connectivity index (χ0v) is 9.61. The summed E-state index contributed by atoms with van der Waals surface area (Å²) in [6.07, 6.45) is 7.02. The number of hydrogen-bond acceptors (Lipinski definition) is 5. The molecule has 0 bridgehead atoms. The second kappa shape index (κ2) is 4.20. The van der Waals surface area contributed by atoms with Crippen LogP contribution in [0.15, 0.2) is 6.20 Å². The van der Waals surface area contributed by atoms with Gasteiger partial charge >= 0.3 is 0 Å². The van der Waals surface area contributed by atoms with Crippen LogP contribution in [0.25, 0.3) is 11.0 Å². The Labute approximate surface area is 99.0 Å². The molecule has 4 N–H and O–H groups in total. The fourth-order valence-electron chi connectivity index (χ4n) is 1.99. The van der Waals surface area contributed by atoms with E-state index in [1.54, 1.807) is 6.20 Å². The number of rotatable bonds is 5. The van der Waals surface area contributed by atoms with Crippen LogP contribution in [-0.4, -0.2) is 26.7 Å². The summed E-state index contributed by atoms with van der Waals surface area (Å²) in [4.78, 5) is 8.27. The highest BCUT2D eigenvalue weighted by molar-refractivity contribution is 5.86. The average molecular weight is 232 g/mol. The van der Waals surface area contributed by atoms with Gasteiger partial charge in [-0.05, 0) is 18.8 Å². The lowest BCUT2D eigenvalue weighted by atomic mass is 10.2. The number of anilines is 2. The molecule has 6 heteroatoms. The second-order valence-corrected chi connectivity index (χ2v) is 4.58. The first-order chi connectivity index (χ1) is 8.33. The number of hydrogen-bond donors (Lipinski definition) is 3. The van der Waals surface area contributed by atoms with Gasteiger partial charge in [0.15, 0.2) is 5.65 Å². The minimum Gasteiger partial charge on any atom is -0.369 e. The zero-order valence-electron chi connectivity index (χ0n) is 9.61. The molecule has 1 aliphatic carbocycles. The van der Waals surface area contributed by atoms with Crippen LogP contribution in [0.3, 0.4) is 0 Å². The molecule has 2 aromatic rings. The van der Waals surface area contributed by atoms with Crippen LogP contribution in [0, 0.1) is 5.92 Å². The van der Waals surface area contributed by atoms with Crippen molar-refractivity contribution in [3.05, 3.63) is 6.20 Å². The molecule has 0 amide bonds. The molecular formula is C11H16N6. The minimum absolute atomic E-state index is 0.270. The number of nitrogen functional groups attached to an aromatic ring is 1. The molecule has 0 unspecified atom stereocenters. The van der Waals surface area contributed by atoms with Crippen LogP contribution in [0.1, 0.15) is 25.7 Å². The number of aromatic nitrogens is 4. The lowest BCUT2D eigenvalue weighted by molar-refractivity contribution is 0.687. The number of H-pyrrole nitrogens is 1. The van der Waals surface area contributed by atoms with E-state index in [4.69, 9.17) is 5.73 Å². The highest BCUT2D eigenvalue weighted by Gasteiger charge is 2.20. The first kappa shape index (κ1) is 10.3. The number of nitrogens with two attached hydrogens (primary N) is 1. The monoisotopic (exact) mass is 232 g/mol. The Morgan fingerprint density at radius 2 is 2.29 bits per heavy atom. The molecule has 0 spiro atoms. The van der Waals surface area contributed by atoms with Crippen LogP contribution in [0.5, 0.6) is 0 Å². The highest BCUT2D eigenvalue weighted by atomic mass is 15.2. The summed E-state index contributed by atoms with van der Waals surface area (Å²) < 4.78 is 0. The van der Waals surface area contributed by atoms with Crippen molar-refractivity contribution < 1.29 is 0 Å². The summed E-state index contributed by atoms with van der Waals surface area (Å²) in [5.74, 6) is 2.02. The average Bonchev–Trinajstić information content (AvgIpc) is 3.01.